The van der Waals surface area contributed by atoms with E-state index in [1.54, 1.807) is 12.3 Å². The van der Waals surface area contributed by atoms with Gasteiger partial charge in [-0.2, -0.15) is 5.10 Å². The number of anilines is 1. The summed E-state index contributed by atoms with van der Waals surface area (Å²) >= 11 is 0. The number of pyridine rings is 1. The number of nitrogen functional groups attached to an aromatic ring is 1. The number of amides is 1. The van der Waals surface area contributed by atoms with E-state index >= 15 is 0 Å². The predicted octanol–water partition coefficient (Wildman–Crippen LogP) is 2.33. The van der Waals surface area contributed by atoms with Gasteiger partial charge in [-0.15, -0.1) is 0 Å². The summed E-state index contributed by atoms with van der Waals surface area (Å²) in [5, 5.41) is 4.17. The fourth-order valence-electron chi connectivity index (χ4n) is 2.74. The summed E-state index contributed by atoms with van der Waals surface area (Å²) in [5.41, 5.74) is 12.0. The van der Waals surface area contributed by atoms with Crippen molar-refractivity contribution in [3.05, 3.63) is 42.1 Å². The molecule has 7 nitrogen and oxygen atoms in total. The number of nitrogens with zero attached hydrogens (tertiary/aromatic N) is 3. The van der Waals surface area contributed by atoms with Crippen LogP contribution in [-0.4, -0.2) is 21.6 Å². The largest absolute Gasteiger partial charge is 0.436 e. The van der Waals surface area contributed by atoms with Gasteiger partial charge >= 0.3 is 0 Å². The molecule has 1 amide bonds. The van der Waals surface area contributed by atoms with Crippen LogP contribution in [0.15, 0.2) is 46.0 Å². The summed E-state index contributed by atoms with van der Waals surface area (Å²) < 4.78 is 5.85. The standard InChI is InChI=1S/C17H15N5O2/c1-9-6-15(23)21-22-16(9)10-2-4-12-13(7-10)24-17(20-12)11-3-5-14(18)19-8-11/h2-5,7-9H,6H2,1H3,(H2,18,19)(H,21,23). The van der Waals surface area contributed by atoms with Crippen molar-refractivity contribution >= 4 is 28.5 Å². The van der Waals surface area contributed by atoms with Crippen molar-refractivity contribution in [2.45, 2.75) is 13.3 Å². The van der Waals surface area contributed by atoms with E-state index in [4.69, 9.17) is 10.2 Å². The molecule has 0 aliphatic carbocycles. The monoisotopic (exact) mass is 321 g/mol. The number of carbonyl (C=O) groups is 1. The second-order valence-corrected chi connectivity index (χ2v) is 5.81. The number of nitrogens with one attached hydrogen (secondary N) is 1. The topological polar surface area (TPSA) is 106 Å². The van der Waals surface area contributed by atoms with Crippen molar-refractivity contribution in [1.82, 2.24) is 15.4 Å². The Hall–Kier alpha value is -3.22. The van der Waals surface area contributed by atoms with E-state index in [2.05, 4.69) is 20.5 Å². The van der Waals surface area contributed by atoms with Gasteiger partial charge in [0.05, 0.1) is 11.3 Å². The fraction of sp³-hybridized carbons (Fsp3) is 0.176. The average Bonchev–Trinajstić information content (AvgIpc) is 2.98. The molecule has 0 spiro atoms. The van der Waals surface area contributed by atoms with Crippen LogP contribution < -0.4 is 11.2 Å². The number of carbonyl (C=O) groups excluding carboxylic acids is 1. The van der Waals surface area contributed by atoms with Crippen LogP contribution in [0.5, 0.6) is 0 Å². The number of aromatic nitrogens is 2. The highest BCUT2D eigenvalue weighted by Gasteiger charge is 2.22. The Balaban J connectivity index is 1.74. The van der Waals surface area contributed by atoms with Gasteiger partial charge in [0.15, 0.2) is 5.58 Å². The number of hydrazone groups is 1. The quantitative estimate of drug-likeness (QED) is 0.753. The van der Waals surface area contributed by atoms with E-state index in [0.29, 0.717) is 23.7 Å². The molecule has 0 radical (unpaired) electrons. The third-order valence-electron chi connectivity index (χ3n) is 3.98. The lowest BCUT2D eigenvalue weighted by molar-refractivity contribution is -0.121. The first kappa shape index (κ1) is 14.4. The lowest BCUT2D eigenvalue weighted by Crippen LogP contribution is -2.31. The molecule has 1 aliphatic heterocycles. The second kappa shape index (κ2) is 5.45. The zero-order valence-electron chi connectivity index (χ0n) is 13.0. The molecule has 0 saturated carbocycles. The molecular weight excluding hydrogens is 306 g/mol. The van der Waals surface area contributed by atoms with Gasteiger partial charge in [-0.3, -0.25) is 4.79 Å². The summed E-state index contributed by atoms with van der Waals surface area (Å²) in [4.78, 5) is 19.9. The van der Waals surface area contributed by atoms with E-state index in [9.17, 15) is 4.79 Å². The van der Waals surface area contributed by atoms with Gasteiger partial charge in [-0.1, -0.05) is 13.0 Å². The van der Waals surface area contributed by atoms with Gasteiger partial charge in [-0.25, -0.2) is 15.4 Å². The summed E-state index contributed by atoms with van der Waals surface area (Å²) in [6.07, 6.45) is 2.05. The maximum Gasteiger partial charge on any atom is 0.240 e. The van der Waals surface area contributed by atoms with Crippen LogP contribution in [-0.2, 0) is 4.79 Å². The van der Waals surface area contributed by atoms with E-state index in [1.807, 2.05) is 31.2 Å². The highest BCUT2D eigenvalue weighted by molar-refractivity contribution is 6.07. The zero-order valence-corrected chi connectivity index (χ0v) is 13.0. The van der Waals surface area contributed by atoms with Gasteiger partial charge in [-0.05, 0) is 24.3 Å². The molecular formula is C17H15N5O2. The lowest BCUT2D eigenvalue weighted by Gasteiger charge is -2.18. The molecule has 3 aromatic rings. The molecule has 120 valence electrons. The van der Waals surface area contributed by atoms with Crippen LogP contribution in [0, 0.1) is 5.92 Å². The molecule has 0 bridgehead atoms. The van der Waals surface area contributed by atoms with Crippen molar-refractivity contribution < 1.29 is 9.21 Å². The highest BCUT2D eigenvalue weighted by Crippen LogP contribution is 2.26. The van der Waals surface area contributed by atoms with Crippen molar-refractivity contribution in [3.63, 3.8) is 0 Å². The van der Waals surface area contributed by atoms with Gasteiger partial charge in [0.25, 0.3) is 0 Å². The molecule has 1 aliphatic rings. The lowest BCUT2D eigenvalue weighted by atomic mass is 9.94. The molecule has 2 aromatic heterocycles. The molecule has 3 heterocycles. The number of hydrogen-bond donors (Lipinski definition) is 2. The minimum Gasteiger partial charge on any atom is -0.436 e. The van der Waals surface area contributed by atoms with Crippen LogP contribution in [0.1, 0.15) is 18.9 Å². The summed E-state index contributed by atoms with van der Waals surface area (Å²) in [6.45, 7) is 1.98. The molecule has 1 unspecified atom stereocenters. The van der Waals surface area contributed by atoms with Gasteiger partial charge in [0, 0.05) is 24.1 Å². The third kappa shape index (κ3) is 2.50. The van der Waals surface area contributed by atoms with Crippen molar-refractivity contribution in [2.75, 3.05) is 5.73 Å². The Kier molecular flexibility index (Phi) is 3.26. The van der Waals surface area contributed by atoms with Crippen LogP contribution in [0.2, 0.25) is 0 Å². The number of hydrogen-bond acceptors (Lipinski definition) is 6. The average molecular weight is 321 g/mol. The van der Waals surface area contributed by atoms with Gasteiger partial charge in [0.1, 0.15) is 11.3 Å². The molecule has 1 atom stereocenters. The van der Waals surface area contributed by atoms with Crippen molar-refractivity contribution in [3.8, 4) is 11.5 Å². The number of rotatable bonds is 2. The summed E-state index contributed by atoms with van der Waals surface area (Å²) in [5.74, 6) is 0.926. The smallest absolute Gasteiger partial charge is 0.240 e. The fourth-order valence-corrected chi connectivity index (χ4v) is 2.74. The molecule has 0 fully saturated rings. The van der Waals surface area contributed by atoms with E-state index < -0.39 is 0 Å². The molecule has 4 rings (SSSR count). The SMILES string of the molecule is CC1CC(=O)NN=C1c1ccc2nc(-c3ccc(N)nc3)oc2c1. The van der Waals surface area contributed by atoms with E-state index in [-0.39, 0.29) is 11.8 Å². The van der Waals surface area contributed by atoms with E-state index in [0.717, 1.165) is 22.4 Å². The maximum absolute atomic E-state index is 11.4. The molecule has 0 saturated heterocycles. The maximum atomic E-state index is 11.4. The van der Waals surface area contributed by atoms with Gasteiger partial charge in [0.2, 0.25) is 11.8 Å². The van der Waals surface area contributed by atoms with Crippen LogP contribution in [0.4, 0.5) is 5.82 Å². The van der Waals surface area contributed by atoms with Crippen molar-refractivity contribution in [1.29, 1.82) is 0 Å². The second-order valence-electron chi connectivity index (χ2n) is 5.81. The first-order valence-electron chi connectivity index (χ1n) is 7.59. The van der Waals surface area contributed by atoms with Gasteiger partial charge < -0.3 is 10.2 Å². The Bertz CT molecular complexity index is 959. The Morgan fingerprint density at radius 3 is 2.83 bits per heavy atom. The Morgan fingerprint density at radius 1 is 1.25 bits per heavy atom. The Morgan fingerprint density at radius 2 is 2.08 bits per heavy atom. The number of oxazole rings is 1. The molecule has 7 heteroatoms. The minimum atomic E-state index is -0.0647. The first-order valence-corrected chi connectivity index (χ1v) is 7.59. The first-order chi connectivity index (χ1) is 11.6. The minimum absolute atomic E-state index is 0.0555. The van der Waals surface area contributed by atoms with E-state index in [1.165, 1.54) is 0 Å². The third-order valence-corrected chi connectivity index (χ3v) is 3.98. The molecule has 1 aromatic carbocycles. The van der Waals surface area contributed by atoms with Crippen LogP contribution >= 0.6 is 0 Å². The summed E-state index contributed by atoms with van der Waals surface area (Å²) in [7, 11) is 0. The van der Waals surface area contributed by atoms with Crippen LogP contribution in [0.3, 0.4) is 0 Å². The highest BCUT2D eigenvalue weighted by atomic mass is 16.3. The number of benzene rings is 1. The zero-order chi connectivity index (χ0) is 16.7. The molecule has 3 N–H and O–H groups in total. The van der Waals surface area contributed by atoms with Crippen molar-refractivity contribution in [2.24, 2.45) is 11.0 Å². The Labute approximate surface area is 137 Å². The molecule has 24 heavy (non-hydrogen) atoms. The van der Waals surface area contributed by atoms with Crippen LogP contribution in [0.25, 0.3) is 22.6 Å². The number of nitrogens with two attached hydrogens (primary N) is 1. The number of fused-ring (bicyclic) bond motifs is 1. The predicted molar refractivity (Wildman–Crippen MR) is 90.1 cm³/mol. The normalized spacial score (nSPS) is 17.6. The summed E-state index contributed by atoms with van der Waals surface area (Å²) in [6, 6.07) is 9.23.